The van der Waals surface area contributed by atoms with Crippen molar-refractivity contribution in [1.82, 2.24) is 19.7 Å². The van der Waals surface area contributed by atoms with Gasteiger partial charge in [0.15, 0.2) is 5.82 Å². The first-order chi connectivity index (χ1) is 11.3. The Labute approximate surface area is 135 Å². The highest BCUT2D eigenvalue weighted by atomic mass is 19.3. The molecule has 2 heterocycles. The number of nitrogens with zero attached hydrogens (tertiary/aromatic N) is 4. The molecule has 2 aromatic rings. The van der Waals surface area contributed by atoms with Gasteiger partial charge in [-0.1, -0.05) is 30.3 Å². The van der Waals surface area contributed by atoms with Crippen LogP contribution in [0.2, 0.25) is 0 Å². The van der Waals surface area contributed by atoms with Gasteiger partial charge in [-0.3, -0.25) is 4.79 Å². The van der Waals surface area contributed by atoms with Crippen LogP contribution in [-0.4, -0.2) is 42.7 Å². The van der Waals surface area contributed by atoms with E-state index in [-0.39, 0.29) is 18.9 Å². The molecule has 9 heteroatoms. The monoisotopic (exact) mass is 336 g/mol. The number of amides is 1. The molecule has 0 bridgehead atoms. The first-order valence-electron chi connectivity index (χ1n) is 7.18. The molecule has 0 fully saturated rings. The number of aromatic nitrogens is 3. The van der Waals surface area contributed by atoms with Crippen molar-refractivity contribution in [3.05, 3.63) is 47.5 Å². The van der Waals surface area contributed by atoms with E-state index < -0.39 is 29.4 Å². The van der Waals surface area contributed by atoms with Crippen LogP contribution in [0.4, 0.5) is 8.78 Å². The number of halogens is 2. The number of hydrogen-bond acceptors (Lipinski definition) is 4. The van der Waals surface area contributed by atoms with E-state index in [0.717, 1.165) is 12.1 Å². The van der Waals surface area contributed by atoms with E-state index in [1.807, 2.05) is 0 Å². The number of fused-ring (bicyclic) bond motifs is 1. The van der Waals surface area contributed by atoms with Crippen molar-refractivity contribution in [2.45, 2.75) is 32.0 Å². The van der Waals surface area contributed by atoms with Gasteiger partial charge in [0.1, 0.15) is 11.9 Å². The third kappa shape index (κ3) is 2.51. The number of carbonyl (C=O) groups is 2. The van der Waals surface area contributed by atoms with Crippen LogP contribution in [0.5, 0.6) is 0 Å². The predicted octanol–water partition coefficient (Wildman–Crippen LogP) is 1.17. The molecule has 0 saturated heterocycles. The van der Waals surface area contributed by atoms with Crippen LogP contribution in [0, 0.1) is 6.92 Å². The van der Waals surface area contributed by atoms with Crippen LogP contribution in [0.15, 0.2) is 30.3 Å². The number of rotatable bonds is 3. The summed E-state index contributed by atoms with van der Waals surface area (Å²) >= 11 is 0. The van der Waals surface area contributed by atoms with E-state index in [2.05, 4.69) is 10.2 Å². The summed E-state index contributed by atoms with van der Waals surface area (Å²) in [6.07, 6.45) is 0. The third-order valence-electron chi connectivity index (χ3n) is 4.01. The molecule has 0 spiro atoms. The molecule has 0 radical (unpaired) electrons. The van der Waals surface area contributed by atoms with Crippen molar-refractivity contribution >= 4 is 11.9 Å². The van der Waals surface area contributed by atoms with Gasteiger partial charge in [-0.05, 0) is 6.92 Å². The zero-order chi connectivity index (χ0) is 17.5. The second-order valence-corrected chi connectivity index (χ2v) is 5.50. The maximum Gasteiger partial charge on any atom is 0.350 e. The molecular weight excluding hydrogens is 322 g/mol. The lowest BCUT2D eigenvalue weighted by Crippen LogP contribution is -2.54. The molecule has 7 nitrogen and oxygen atoms in total. The topological polar surface area (TPSA) is 88.3 Å². The van der Waals surface area contributed by atoms with Crippen molar-refractivity contribution in [2.24, 2.45) is 0 Å². The van der Waals surface area contributed by atoms with Gasteiger partial charge < -0.3 is 14.6 Å². The molecule has 1 aromatic heterocycles. The summed E-state index contributed by atoms with van der Waals surface area (Å²) in [7, 11) is 0. The van der Waals surface area contributed by atoms with Crippen LogP contribution in [0.3, 0.4) is 0 Å². The second-order valence-electron chi connectivity index (χ2n) is 5.50. The Kier molecular flexibility index (Phi) is 3.78. The molecule has 1 aliphatic heterocycles. The van der Waals surface area contributed by atoms with Crippen molar-refractivity contribution in [3.8, 4) is 0 Å². The van der Waals surface area contributed by atoms with Gasteiger partial charge in [0.2, 0.25) is 0 Å². The molecule has 0 saturated carbocycles. The van der Waals surface area contributed by atoms with Crippen molar-refractivity contribution in [1.29, 1.82) is 0 Å². The van der Waals surface area contributed by atoms with Gasteiger partial charge in [0, 0.05) is 5.56 Å². The minimum absolute atomic E-state index is 0.167. The fourth-order valence-electron chi connectivity index (χ4n) is 2.69. The van der Waals surface area contributed by atoms with E-state index in [4.69, 9.17) is 0 Å². The normalized spacial score (nSPS) is 17.5. The molecule has 1 N–H and O–H groups in total. The Hall–Kier alpha value is -2.84. The van der Waals surface area contributed by atoms with Crippen molar-refractivity contribution < 1.29 is 23.5 Å². The Morgan fingerprint density at radius 1 is 1.25 bits per heavy atom. The summed E-state index contributed by atoms with van der Waals surface area (Å²) in [4.78, 5) is 24.5. The van der Waals surface area contributed by atoms with Crippen LogP contribution in [0.1, 0.15) is 17.2 Å². The number of benzene rings is 1. The van der Waals surface area contributed by atoms with Crippen LogP contribution < -0.4 is 0 Å². The molecule has 1 aliphatic rings. The van der Waals surface area contributed by atoms with Gasteiger partial charge >= 0.3 is 11.9 Å². The Bertz CT molecular complexity index is 791. The number of aryl methyl sites for hydroxylation is 1. The van der Waals surface area contributed by atoms with Crippen molar-refractivity contribution in [2.75, 3.05) is 0 Å². The van der Waals surface area contributed by atoms with E-state index in [1.165, 1.54) is 16.7 Å². The summed E-state index contributed by atoms with van der Waals surface area (Å²) in [5.41, 5.74) is -0.484. The molecule has 24 heavy (non-hydrogen) atoms. The summed E-state index contributed by atoms with van der Waals surface area (Å²) < 4.78 is 30.6. The molecule has 1 unspecified atom stereocenters. The Balaban J connectivity index is 1.97. The zero-order valence-electron chi connectivity index (χ0n) is 12.7. The number of alkyl halides is 2. The molecule has 0 aliphatic carbocycles. The van der Waals surface area contributed by atoms with Crippen LogP contribution in [0.25, 0.3) is 0 Å². The molecule has 126 valence electrons. The van der Waals surface area contributed by atoms with E-state index >= 15 is 0 Å². The number of aliphatic carboxylic acids is 1. The summed E-state index contributed by atoms with van der Waals surface area (Å²) in [6.45, 7) is 1.13. The highest BCUT2D eigenvalue weighted by molar-refractivity contribution is 5.89. The molecule has 3 rings (SSSR count). The fraction of sp³-hybridized carbons (Fsp3) is 0.333. The first-order valence-corrected chi connectivity index (χ1v) is 7.18. The molecule has 1 aromatic carbocycles. The SMILES string of the molecule is Cc1nnc2n1CC(C(=O)O)N(C(=O)C(F)(F)c1ccccc1)C2. The van der Waals surface area contributed by atoms with Gasteiger partial charge in [0.25, 0.3) is 5.91 Å². The first kappa shape index (κ1) is 16.0. The number of carboxylic acid groups (broad SMARTS) is 1. The smallest absolute Gasteiger partial charge is 0.350 e. The maximum absolute atomic E-state index is 14.5. The minimum atomic E-state index is -3.83. The number of carboxylic acids is 1. The number of hydrogen-bond donors (Lipinski definition) is 1. The molecule has 1 atom stereocenters. The van der Waals surface area contributed by atoms with Crippen LogP contribution >= 0.6 is 0 Å². The van der Waals surface area contributed by atoms with Crippen molar-refractivity contribution in [3.63, 3.8) is 0 Å². The third-order valence-corrected chi connectivity index (χ3v) is 4.01. The van der Waals surface area contributed by atoms with E-state index in [9.17, 15) is 23.5 Å². The lowest BCUT2D eigenvalue weighted by molar-refractivity contribution is -0.169. The second kappa shape index (κ2) is 5.66. The predicted molar refractivity (Wildman–Crippen MR) is 77.1 cm³/mol. The highest BCUT2D eigenvalue weighted by Gasteiger charge is 2.48. The Morgan fingerprint density at radius 2 is 1.92 bits per heavy atom. The largest absolute Gasteiger partial charge is 0.480 e. The van der Waals surface area contributed by atoms with Gasteiger partial charge in [-0.2, -0.15) is 8.78 Å². The van der Waals surface area contributed by atoms with Gasteiger partial charge in [-0.25, -0.2) is 4.79 Å². The average Bonchev–Trinajstić information content (AvgIpc) is 2.94. The van der Waals surface area contributed by atoms with E-state index in [1.54, 1.807) is 13.0 Å². The molecular formula is C15H14F2N4O3. The maximum atomic E-state index is 14.5. The minimum Gasteiger partial charge on any atom is -0.480 e. The van der Waals surface area contributed by atoms with E-state index in [0.29, 0.717) is 10.7 Å². The lowest BCUT2D eigenvalue weighted by Gasteiger charge is -2.35. The highest BCUT2D eigenvalue weighted by Crippen LogP contribution is 2.32. The summed E-state index contributed by atoms with van der Waals surface area (Å²) in [5.74, 6) is -5.99. The standard InChI is InChI=1S/C15H14F2N4O3/c1-9-18-19-12-8-21(11(13(22)23)7-20(9)12)14(24)15(16,17)10-5-3-2-4-6-10/h2-6,11H,7-8H2,1H3,(H,22,23). The summed E-state index contributed by atoms with van der Waals surface area (Å²) in [6, 6.07) is 5.18. The lowest BCUT2D eigenvalue weighted by atomic mass is 10.1. The average molecular weight is 336 g/mol. The summed E-state index contributed by atoms with van der Waals surface area (Å²) in [5, 5.41) is 17.0. The molecule has 1 amide bonds. The zero-order valence-corrected chi connectivity index (χ0v) is 12.7. The quantitative estimate of drug-likeness (QED) is 0.909. The van der Waals surface area contributed by atoms with Gasteiger partial charge in [-0.15, -0.1) is 10.2 Å². The Morgan fingerprint density at radius 3 is 2.54 bits per heavy atom. The fourth-order valence-corrected chi connectivity index (χ4v) is 2.69. The number of carbonyl (C=O) groups excluding carboxylic acids is 1. The van der Waals surface area contributed by atoms with Gasteiger partial charge in [0.05, 0.1) is 13.1 Å². The van der Waals surface area contributed by atoms with Crippen LogP contribution in [-0.2, 0) is 28.6 Å².